The number of para-hydroxylation sites is 1. The summed E-state index contributed by atoms with van der Waals surface area (Å²) in [6, 6.07) is 14.9. The zero-order valence-corrected chi connectivity index (χ0v) is 19.6. The van der Waals surface area contributed by atoms with Crippen molar-refractivity contribution in [3.63, 3.8) is 0 Å². The predicted molar refractivity (Wildman–Crippen MR) is 127 cm³/mol. The van der Waals surface area contributed by atoms with E-state index in [1.54, 1.807) is 24.3 Å². The molecule has 2 aromatic carbocycles. The maximum absolute atomic E-state index is 12.7. The van der Waals surface area contributed by atoms with E-state index in [2.05, 4.69) is 31.3 Å². The number of carbonyl (C=O) groups is 3. The van der Waals surface area contributed by atoms with E-state index in [1.807, 2.05) is 19.1 Å². The lowest BCUT2D eigenvalue weighted by atomic mass is 9.99. The molecule has 1 aliphatic rings. The van der Waals surface area contributed by atoms with Gasteiger partial charge in [0.05, 0.1) is 29.5 Å². The molecule has 0 bridgehead atoms. The second-order valence-corrected chi connectivity index (χ2v) is 8.92. The highest BCUT2D eigenvalue weighted by Crippen LogP contribution is 2.30. The molecule has 1 heterocycles. The van der Waals surface area contributed by atoms with Gasteiger partial charge in [-0.05, 0) is 36.1 Å². The Morgan fingerprint density at radius 1 is 1.09 bits per heavy atom. The van der Waals surface area contributed by atoms with Crippen molar-refractivity contribution < 1.29 is 19.1 Å². The Morgan fingerprint density at radius 3 is 2.41 bits per heavy atom. The van der Waals surface area contributed by atoms with Crippen LogP contribution < -0.4 is 10.1 Å². The molecule has 0 aromatic heterocycles. The van der Waals surface area contributed by atoms with Crippen molar-refractivity contribution in [2.75, 3.05) is 19.4 Å². The van der Waals surface area contributed by atoms with Gasteiger partial charge in [-0.25, -0.2) is 0 Å². The minimum atomic E-state index is -0.281. The van der Waals surface area contributed by atoms with Crippen LogP contribution in [0, 0.1) is 0 Å². The van der Waals surface area contributed by atoms with E-state index in [4.69, 9.17) is 4.74 Å². The van der Waals surface area contributed by atoms with Crippen LogP contribution in [0.2, 0.25) is 0 Å². The highest BCUT2D eigenvalue weighted by molar-refractivity contribution is 8.04. The Balaban J connectivity index is 1.68. The molecule has 2 aromatic rings. The molecule has 168 valence electrons. The molecule has 2 amide bonds. The third-order valence-corrected chi connectivity index (χ3v) is 6.35. The van der Waals surface area contributed by atoms with E-state index in [9.17, 15) is 14.4 Å². The van der Waals surface area contributed by atoms with Crippen LogP contribution in [0.4, 0.5) is 0 Å². The van der Waals surface area contributed by atoms with Gasteiger partial charge in [-0.15, -0.1) is 0 Å². The molecule has 0 unspecified atom stereocenters. The summed E-state index contributed by atoms with van der Waals surface area (Å²) in [5, 5.41) is 3.41. The van der Waals surface area contributed by atoms with Crippen LogP contribution in [-0.4, -0.2) is 41.9 Å². The van der Waals surface area contributed by atoms with Gasteiger partial charge in [0.2, 0.25) is 11.8 Å². The lowest BCUT2D eigenvalue weighted by molar-refractivity contribution is -0.131. The first-order chi connectivity index (χ1) is 15.3. The van der Waals surface area contributed by atoms with Gasteiger partial charge in [0.15, 0.2) is 5.78 Å². The first-order valence-corrected chi connectivity index (χ1v) is 11.5. The predicted octanol–water partition coefficient (Wildman–Crippen LogP) is 4.30. The molecule has 1 atom stereocenters. The van der Waals surface area contributed by atoms with E-state index in [0.717, 1.165) is 5.56 Å². The summed E-state index contributed by atoms with van der Waals surface area (Å²) in [6.07, 6.45) is 1.40. The van der Waals surface area contributed by atoms with Crippen molar-refractivity contribution in [3.05, 3.63) is 76.3 Å². The minimum Gasteiger partial charge on any atom is -0.496 e. The fourth-order valence-electron chi connectivity index (χ4n) is 3.42. The fraction of sp³-hybridized carbons (Fsp3) is 0.320. The zero-order valence-electron chi connectivity index (χ0n) is 18.8. The molecule has 32 heavy (non-hydrogen) atoms. The van der Waals surface area contributed by atoms with Crippen LogP contribution in [0.5, 0.6) is 5.75 Å². The van der Waals surface area contributed by atoms with Gasteiger partial charge in [0.25, 0.3) is 0 Å². The van der Waals surface area contributed by atoms with Gasteiger partial charge in [-0.1, -0.05) is 62.0 Å². The number of amides is 2. The van der Waals surface area contributed by atoms with E-state index < -0.39 is 0 Å². The monoisotopic (exact) mass is 452 g/mol. The van der Waals surface area contributed by atoms with Crippen molar-refractivity contribution >= 4 is 29.4 Å². The molecule has 7 heteroatoms. The molecule has 0 radical (unpaired) electrons. The first-order valence-electron chi connectivity index (χ1n) is 10.5. The van der Waals surface area contributed by atoms with Crippen LogP contribution in [0.1, 0.15) is 54.2 Å². The highest BCUT2D eigenvalue weighted by atomic mass is 32.2. The third kappa shape index (κ3) is 5.59. The number of thioether (sulfide) groups is 1. The largest absolute Gasteiger partial charge is 0.496 e. The number of nitrogens with zero attached hydrogens (tertiary/aromatic N) is 1. The smallest absolute Gasteiger partial charge is 0.240 e. The SMILES string of the molecule is COc1ccccc1C(=O)/C=C1/SCC(=O)N1CC(=O)N[C@@H](C)c1ccc(C(C)C)cc1. The summed E-state index contributed by atoms with van der Waals surface area (Å²) in [5.41, 5.74) is 2.64. The molecule has 0 aliphatic carbocycles. The standard InChI is InChI=1S/C25H28N2O4S/c1-16(2)18-9-11-19(12-10-18)17(3)26-23(29)14-27-24(30)15-32-25(27)13-21(28)20-7-5-6-8-22(20)31-4/h5-13,16-17H,14-15H2,1-4H3,(H,26,29)/b25-13+/t17-/m0/s1. The summed E-state index contributed by atoms with van der Waals surface area (Å²) >= 11 is 1.25. The van der Waals surface area contributed by atoms with E-state index in [0.29, 0.717) is 22.3 Å². The number of ketones is 1. The number of rotatable bonds is 8. The molecule has 0 saturated carbocycles. The topological polar surface area (TPSA) is 75.7 Å². The number of ether oxygens (including phenoxy) is 1. The van der Waals surface area contributed by atoms with Crippen molar-refractivity contribution in [1.82, 2.24) is 10.2 Å². The maximum atomic E-state index is 12.7. The van der Waals surface area contributed by atoms with Crippen LogP contribution in [0.25, 0.3) is 0 Å². The second-order valence-electron chi connectivity index (χ2n) is 7.93. The molecule has 6 nitrogen and oxygen atoms in total. The molecular weight excluding hydrogens is 424 g/mol. The van der Waals surface area contributed by atoms with Crippen LogP contribution >= 0.6 is 11.8 Å². The number of hydrogen-bond acceptors (Lipinski definition) is 5. The van der Waals surface area contributed by atoms with Gasteiger partial charge in [0, 0.05) is 6.08 Å². The van der Waals surface area contributed by atoms with E-state index in [-0.39, 0.29) is 35.9 Å². The van der Waals surface area contributed by atoms with Crippen LogP contribution in [0.15, 0.2) is 59.6 Å². The Labute approximate surface area is 193 Å². The summed E-state index contributed by atoms with van der Waals surface area (Å²) in [4.78, 5) is 39.1. The average molecular weight is 453 g/mol. The molecule has 3 rings (SSSR count). The molecule has 1 fully saturated rings. The first kappa shape index (κ1) is 23.6. The number of nitrogens with one attached hydrogen (secondary N) is 1. The lowest BCUT2D eigenvalue weighted by Crippen LogP contribution is -2.38. The maximum Gasteiger partial charge on any atom is 0.240 e. The molecule has 1 N–H and O–H groups in total. The summed E-state index contributed by atoms with van der Waals surface area (Å²) in [6.45, 7) is 6.04. The fourth-order valence-corrected chi connectivity index (χ4v) is 4.36. The molecule has 1 saturated heterocycles. The van der Waals surface area contributed by atoms with Crippen LogP contribution in [0.3, 0.4) is 0 Å². The Hall–Kier alpha value is -3.06. The molecular formula is C25H28N2O4S. The zero-order chi connectivity index (χ0) is 23.3. The van der Waals surface area contributed by atoms with Crippen molar-refractivity contribution in [3.8, 4) is 5.75 Å². The summed E-state index contributed by atoms with van der Waals surface area (Å²) in [5.74, 6) is 0.352. The van der Waals surface area contributed by atoms with Crippen molar-refractivity contribution in [1.29, 1.82) is 0 Å². The van der Waals surface area contributed by atoms with Gasteiger partial charge in [-0.3, -0.25) is 19.3 Å². The number of methoxy groups -OCH3 is 1. The molecule has 0 spiro atoms. The quantitative estimate of drug-likeness (QED) is 0.478. The van der Waals surface area contributed by atoms with Gasteiger partial charge < -0.3 is 10.1 Å². The van der Waals surface area contributed by atoms with Crippen LogP contribution in [-0.2, 0) is 9.59 Å². The Morgan fingerprint density at radius 2 is 1.75 bits per heavy atom. The molecule has 1 aliphatic heterocycles. The second kappa shape index (κ2) is 10.5. The normalized spacial score (nSPS) is 15.8. The average Bonchev–Trinajstić information content (AvgIpc) is 3.12. The number of allylic oxidation sites excluding steroid dienone is 1. The lowest BCUT2D eigenvalue weighted by Gasteiger charge is -2.20. The van der Waals surface area contributed by atoms with Crippen molar-refractivity contribution in [2.24, 2.45) is 0 Å². The van der Waals surface area contributed by atoms with E-state index >= 15 is 0 Å². The number of hydrogen-bond donors (Lipinski definition) is 1. The van der Waals surface area contributed by atoms with E-state index in [1.165, 1.54) is 35.4 Å². The highest BCUT2D eigenvalue weighted by Gasteiger charge is 2.29. The summed E-state index contributed by atoms with van der Waals surface area (Å²) < 4.78 is 5.25. The Bertz CT molecular complexity index is 1030. The van der Waals surface area contributed by atoms with Gasteiger partial charge in [-0.2, -0.15) is 0 Å². The van der Waals surface area contributed by atoms with Gasteiger partial charge in [0.1, 0.15) is 12.3 Å². The number of carbonyl (C=O) groups excluding carboxylic acids is 3. The van der Waals surface area contributed by atoms with Crippen molar-refractivity contribution in [2.45, 2.75) is 32.7 Å². The summed E-state index contributed by atoms with van der Waals surface area (Å²) in [7, 11) is 1.50. The Kier molecular flexibility index (Phi) is 7.75. The third-order valence-electron chi connectivity index (χ3n) is 5.32. The van der Waals surface area contributed by atoms with Gasteiger partial charge >= 0.3 is 0 Å². The number of benzene rings is 2. The minimum absolute atomic E-state index is 0.134.